The molecule has 0 amide bonds. The molecule has 6 unspecified atom stereocenters. The van der Waals surface area contributed by atoms with Crippen LogP contribution in [-0.4, -0.2) is 81.7 Å². The van der Waals surface area contributed by atoms with E-state index in [2.05, 4.69) is 48.1 Å². The third kappa shape index (κ3) is 110. The summed E-state index contributed by atoms with van der Waals surface area (Å²) in [6.07, 6.45) is 6.12. The maximum Gasteiger partial charge on any atom is 1.00 e. The van der Waals surface area contributed by atoms with E-state index in [1.165, 1.54) is 27.8 Å². The largest absolute Gasteiger partial charge is 1.00 e. The molecule has 570 valence electrons. The summed E-state index contributed by atoms with van der Waals surface area (Å²) in [6, 6.07) is 35.5. The van der Waals surface area contributed by atoms with Crippen molar-refractivity contribution in [2.24, 2.45) is 0 Å². The van der Waals surface area contributed by atoms with Gasteiger partial charge in [-0.1, -0.05) is 190 Å². The van der Waals surface area contributed by atoms with Crippen molar-refractivity contribution in [2.75, 3.05) is 0 Å². The molecule has 0 saturated heterocycles. The zero-order valence-corrected chi connectivity index (χ0v) is 82.0. The van der Waals surface area contributed by atoms with Gasteiger partial charge in [0.15, 0.2) is 0 Å². The molecule has 0 spiro atoms. The van der Waals surface area contributed by atoms with Crippen molar-refractivity contribution in [1.82, 2.24) is 43.1 Å². The Hall–Kier alpha value is 3.06. The van der Waals surface area contributed by atoms with E-state index in [0.29, 0.717) is 28.7 Å². The van der Waals surface area contributed by atoms with Gasteiger partial charge < -0.3 is 152 Å². The summed E-state index contributed by atoms with van der Waals surface area (Å²) in [5.74, 6) is 1.65. The SMILES string of the molecule is CCC(C)OP(=S)([S-])OC(C)CC.CCC(C)OP(=S)([S-])OC(C)CC.CCC(C)OP(=S)([S-])OC(C)CC.Cc1ccc(O)cc1.Cc1ccc(O)cc1.Cc1ccc(O)cc1.Cc1ccc(O)cc1.Cc1ccc(O)cc1.N.N.N.N.N.N.N.OP(O)(=S)S.OP(O)(=S)S.[K+].[Na+].[Na+]. The van der Waals surface area contributed by atoms with Gasteiger partial charge in [-0.15, -0.1) is 0 Å². The molecule has 30 N–H and O–H groups in total. The van der Waals surface area contributed by atoms with Crippen molar-refractivity contribution in [3.63, 3.8) is 0 Å². The summed E-state index contributed by atoms with van der Waals surface area (Å²) < 4.78 is 32.9. The van der Waals surface area contributed by atoms with Gasteiger partial charge in [0.2, 0.25) is 11.4 Å². The average Bonchev–Trinajstić information content (AvgIpc) is 1.09. The Morgan fingerprint density at radius 1 is 0.303 bits per heavy atom. The van der Waals surface area contributed by atoms with Crippen molar-refractivity contribution in [2.45, 2.75) is 193 Å². The topological polar surface area (TPSA) is 482 Å². The maximum absolute atomic E-state index is 8.76. The van der Waals surface area contributed by atoms with Gasteiger partial charge in [0.05, 0.1) is 53.7 Å². The van der Waals surface area contributed by atoms with Crippen LogP contribution in [0.15, 0.2) is 121 Å². The molecule has 0 heterocycles. The number of phenolic OH excluding ortho intramolecular Hbond substituents is 5. The summed E-state index contributed by atoms with van der Waals surface area (Å²) in [4.78, 5) is 31.5. The second-order valence-corrected chi connectivity index (χ2v) is 44.3. The van der Waals surface area contributed by atoms with E-state index in [1.807, 2.05) is 178 Å². The van der Waals surface area contributed by atoms with Crippen molar-refractivity contribution < 1.29 is 183 Å². The summed E-state index contributed by atoms with van der Waals surface area (Å²) in [6.45, 7) is 34.0. The van der Waals surface area contributed by atoms with E-state index >= 15 is 0 Å². The van der Waals surface area contributed by atoms with E-state index in [4.69, 9.17) is 144 Å². The van der Waals surface area contributed by atoms with Gasteiger partial charge in [-0.3, -0.25) is 0 Å². The number of aryl methyl sites for hydroxylation is 5. The Kier molecular flexibility index (Phi) is 110. The predicted molar refractivity (Wildman–Crippen MR) is 445 cm³/mol. The number of benzene rings is 5. The van der Waals surface area contributed by atoms with Gasteiger partial charge in [-0.25, -0.2) is 0 Å². The smallest absolute Gasteiger partial charge is 0.691 e. The monoisotopic (exact) mass is 1730 g/mol. The zero-order valence-electron chi connectivity index (χ0n) is 62.1. The first kappa shape index (κ1) is 138. The van der Waals surface area contributed by atoms with Crippen LogP contribution in [0.2, 0.25) is 0 Å². The fourth-order valence-corrected chi connectivity index (χ4v) is 13.5. The number of rotatable bonds is 18. The summed E-state index contributed by atoms with van der Waals surface area (Å²) >= 11 is 44.8. The molecule has 0 saturated carbocycles. The van der Waals surface area contributed by atoms with Gasteiger partial charge in [0.1, 0.15) is 28.7 Å². The van der Waals surface area contributed by atoms with Crippen LogP contribution in [0, 0.1) is 34.6 Å². The van der Waals surface area contributed by atoms with Gasteiger partial charge >= 0.3 is 110 Å². The van der Waals surface area contributed by atoms with Crippen molar-refractivity contribution in [1.29, 1.82) is 0 Å². The van der Waals surface area contributed by atoms with Crippen LogP contribution in [0.4, 0.5) is 0 Å². The minimum Gasteiger partial charge on any atom is -0.691 e. The Labute approximate surface area is 735 Å². The molecule has 5 rings (SSSR count). The molecule has 5 aromatic rings. The molecule has 6 atom stereocenters. The van der Waals surface area contributed by atoms with Crippen molar-refractivity contribution in [3.05, 3.63) is 149 Å². The molecule has 22 nitrogen and oxygen atoms in total. The third-order valence-corrected chi connectivity index (χ3v) is 17.3. The Bertz CT molecular complexity index is 2290. The summed E-state index contributed by atoms with van der Waals surface area (Å²) in [5, 5.41) is 43.8. The van der Waals surface area contributed by atoms with Crippen molar-refractivity contribution >= 4 is 149 Å². The van der Waals surface area contributed by atoms with E-state index in [0.717, 1.165) is 38.5 Å². The van der Waals surface area contributed by atoms with Crippen LogP contribution in [0.5, 0.6) is 28.7 Å². The minimum atomic E-state index is -3.11. The molecule has 0 fully saturated rings. The van der Waals surface area contributed by atoms with Crippen molar-refractivity contribution in [3.8, 4) is 28.7 Å². The summed E-state index contributed by atoms with van der Waals surface area (Å²) in [5.41, 5.74) is -7.64. The molecule has 5 aromatic carbocycles. The molecular formula is C59H121KN7Na2O15P5S10. The summed E-state index contributed by atoms with van der Waals surface area (Å²) in [7, 11) is 0. The second-order valence-electron chi connectivity index (χ2n) is 19.5. The van der Waals surface area contributed by atoms with Gasteiger partial charge in [-0.05, 0) is 199 Å². The van der Waals surface area contributed by atoms with Crippen LogP contribution >= 0.6 is 53.0 Å². The first-order valence-corrected chi connectivity index (χ1v) is 46.7. The average molecular weight is 1730 g/mol. The Morgan fingerprint density at radius 2 is 0.384 bits per heavy atom. The predicted octanol–water partition coefficient (Wildman–Crippen LogP) is 11.1. The van der Waals surface area contributed by atoms with Crippen LogP contribution < -0.4 is 154 Å². The molecule has 40 heteroatoms. The van der Waals surface area contributed by atoms with Gasteiger partial charge in [0.25, 0.3) is 0 Å². The molecule has 0 aliphatic heterocycles. The van der Waals surface area contributed by atoms with E-state index in [9.17, 15) is 0 Å². The number of hydrogen-bond acceptors (Lipinski definition) is 26. The molecule has 0 aromatic heterocycles. The molecule has 0 bridgehead atoms. The molecule has 0 aliphatic rings. The second kappa shape index (κ2) is 79.2. The molecule has 99 heavy (non-hydrogen) atoms. The normalized spacial score (nSPS) is 13.0. The Morgan fingerprint density at radius 3 is 0.444 bits per heavy atom. The number of hydrogen-bond donors (Lipinski definition) is 18. The fourth-order valence-electron chi connectivity index (χ4n) is 4.57. The van der Waals surface area contributed by atoms with Crippen LogP contribution in [0.3, 0.4) is 0 Å². The molecule has 0 aliphatic carbocycles. The van der Waals surface area contributed by atoms with Gasteiger partial charge in [-0.2, -0.15) is 0 Å². The quantitative estimate of drug-likeness (QED) is 0.0168. The number of phenols is 5. The molecular weight excluding hydrogens is 1610 g/mol. The Balaban J connectivity index is -0.0000000609. The van der Waals surface area contributed by atoms with Gasteiger partial charge in [0, 0.05) is 0 Å². The van der Waals surface area contributed by atoms with E-state index in [1.54, 1.807) is 60.7 Å². The minimum absolute atomic E-state index is 0. The number of thiol groups is 2. The zero-order chi connectivity index (χ0) is 70.4. The maximum atomic E-state index is 8.76. The first-order valence-electron chi connectivity index (χ1n) is 28.1. The van der Waals surface area contributed by atoms with Crippen LogP contribution in [0.25, 0.3) is 0 Å². The molecule has 0 radical (unpaired) electrons. The van der Waals surface area contributed by atoms with E-state index < -0.39 is 28.5 Å². The fraction of sp³-hybridized carbons (Fsp3) is 0.492. The van der Waals surface area contributed by atoms with Crippen LogP contribution in [-0.2, 0) is 123 Å². The van der Waals surface area contributed by atoms with E-state index in [-0.39, 0.29) is 190 Å². The third-order valence-electron chi connectivity index (χ3n) is 10.5. The number of aromatic hydroxyl groups is 5. The standard InChI is InChI=1S/3C8H19O2PS2.5C7H8O.K.7H3N.2Na.2H3O2PS2/c3*1-5-7(3)9-11(12,13)10-8(4)6-2;5*1-6-2-4-7(8)5-3-6;;;;;;;;;;;2*1-3(2,4)5/h3*7-8H,5-6H2,1-4H3,(H,12,13);5*2-5,8H,1H3;;7*1H3;;;2*(H3,1,2,4,5)/q;;;;;;;;+1;;;;;;;;2*+1;;/p-3. The first-order chi connectivity index (χ1) is 40.7. The van der Waals surface area contributed by atoms with Crippen LogP contribution in [0.1, 0.15) is 149 Å².